The fourth-order valence-corrected chi connectivity index (χ4v) is 1.30. The van der Waals surface area contributed by atoms with E-state index >= 15 is 0 Å². The zero-order valence-corrected chi connectivity index (χ0v) is 8.43. The molecule has 1 rings (SSSR count). The lowest BCUT2D eigenvalue weighted by molar-refractivity contribution is 0.377. The Hall–Kier alpha value is -0.900. The summed E-state index contributed by atoms with van der Waals surface area (Å²) in [4.78, 5) is 1.10. The lowest BCUT2D eigenvalue weighted by atomic mass is 10.4. The summed E-state index contributed by atoms with van der Waals surface area (Å²) >= 11 is 1.48. The number of hydrogen-bond donors (Lipinski definition) is 0. The van der Waals surface area contributed by atoms with E-state index in [9.17, 15) is 0 Å². The predicted molar refractivity (Wildman–Crippen MR) is 52.7 cm³/mol. The maximum Gasteiger partial charge on any atom is 0.0680 e. The first kappa shape index (κ1) is 9.19. The minimum Gasteiger partial charge on any atom is -0.300 e. The molecule has 0 amide bonds. The Labute approximate surface area is 76.9 Å². The maximum absolute atomic E-state index is 4.20. The third-order valence-electron chi connectivity index (χ3n) is 1.49. The molecule has 0 aliphatic heterocycles. The lowest BCUT2D eigenvalue weighted by Gasteiger charge is -2.06. The van der Waals surface area contributed by atoms with Gasteiger partial charge in [-0.05, 0) is 31.4 Å². The minimum atomic E-state index is 0.925. The Morgan fingerprint density at radius 1 is 1.75 bits per heavy atom. The van der Waals surface area contributed by atoms with Gasteiger partial charge in [-0.25, -0.2) is 0 Å². The van der Waals surface area contributed by atoms with Crippen LogP contribution in [-0.4, -0.2) is 29.2 Å². The van der Waals surface area contributed by atoms with Gasteiger partial charge in [0.1, 0.15) is 0 Å². The Balaban J connectivity index is 2.57. The number of aryl methyl sites for hydroxylation is 1. The van der Waals surface area contributed by atoms with E-state index in [4.69, 9.17) is 0 Å². The highest BCUT2D eigenvalue weighted by atomic mass is 32.1. The van der Waals surface area contributed by atoms with Gasteiger partial charge in [0.25, 0.3) is 0 Å². The third-order valence-corrected chi connectivity index (χ3v) is 2.30. The topological polar surface area (TPSA) is 28.5 Å². The van der Waals surface area contributed by atoms with Crippen LogP contribution in [0, 0.1) is 6.92 Å². The quantitative estimate of drug-likeness (QED) is 0.527. The first-order chi connectivity index (χ1) is 5.72. The van der Waals surface area contributed by atoms with Crippen LogP contribution >= 0.6 is 11.5 Å². The summed E-state index contributed by atoms with van der Waals surface area (Å²) in [5, 5.41) is 6.09. The standard InChI is InChI=1S/C8H13N3S/c1-4-11(3)9-6-8-5-7(2)10-12-8/h5-6H,4H2,1-3H3/b9-6+. The van der Waals surface area contributed by atoms with E-state index in [2.05, 4.69) is 16.4 Å². The van der Waals surface area contributed by atoms with Crippen LogP contribution in [0.3, 0.4) is 0 Å². The summed E-state index contributed by atoms with van der Waals surface area (Å²) in [6, 6.07) is 2.03. The second kappa shape index (κ2) is 4.21. The van der Waals surface area contributed by atoms with Gasteiger partial charge in [0, 0.05) is 13.6 Å². The van der Waals surface area contributed by atoms with Gasteiger partial charge in [-0.15, -0.1) is 0 Å². The van der Waals surface area contributed by atoms with Crippen LogP contribution < -0.4 is 0 Å². The fraction of sp³-hybridized carbons (Fsp3) is 0.500. The first-order valence-electron chi connectivity index (χ1n) is 3.91. The maximum atomic E-state index is 4.20. The van der Waals surface area contributed by atoms with Crippen molar-refractivity contribution < 1.29 is 0 Å². The highest BCUT2D eigenvalue weighted by molar-refractivity contribution is 7.07. The number of nitrogens with zero attached hydrogens (tertiary/aromatic N) is 3. The van der Waals surface area contributed by atoms with Crippen molar-refractivity contribution in [3.63, 3.8) is 0 Å². The molecule has 1 heterocycles. The Morgan fingerprint density at radius 3 is 3.00 bits per heavy atom. The highest BCUT2D eigenvalue weighted by Crippen LogP contribution is 2.05. The van der Waals surface area contributed by atoms with Crippen molar-refractivity contribution in [1.29, 1.82) is 0 Å². The van der Waals surface area contributed by atoms with Gasteiger partial charge in [-0.3, -0.25) is 0 Å². The molecule has 4 heteroatoms. The summed E-state index contributed by atoms with van der Waals surface area (Å²) in [5.41, 5.74) is 1.06. The molecule has 0 aliphatic carbocycles. The van der Waals surface area contributed by atoms with Crippen molar-refractivity contribution in [2.24, 2.45) is 5.10 Å². The van der Waals surface area contributed by atoms with Gasteiger partial charge in [0.15, 0.2) is 0 Å². The zero-order chi connectivity index (χ0) is 8.97. The Kier molecular flexibility index (Phi) is 3.22. The molecule has 0 saturated carbocycles. The monoisotopic (exact) mass is 183 g/mol. The number of hydrazone groups is 1. The van der Waals surface area contributed by atoms with Crippen LogP contribution in [0.2, 0.25) is 0 Å². The van der Waals surface area contributed by atoms with Crippen LogP contribution in [0.5, 0.6) is 0 Å². The van der Waals surface area contributed by atoms with Crippen molar-refractivity contribution in [3.8, 4) is 0 Å². The summed E-state index contributed by atoms with van der Waals surface area (Å²) in [6.45, 7) is 4.97. The summed E-state index contributed by atoms with van der Waals surface area (Å²) < 4.78 is 4.15. The molecule has 0 spiro atoms. The van der Waals surface area contributed by atoms with Crippen molar-refractivity contribution in [2.75, 3.05) is 13.6 Å². The smallest absolute Gasteiger partial charge is 0.0680 e. The Bertz CT molecular complexity index is 267. The molecule has 0 aromatic carbocycles. The lowest BCUT2D eigenvalue weighted by Crippen LogP contribution is -2.09. The van der Waals surface area contributed by atoms with E-state index in [1.165, 1.54) is 11.5 Å². The van der Waals surface area contributed by atoms with Crippen molar-refractivity contribution >= 4 is 17.7 Å². The number of aromatic nitrogens is 1. The minimum absolute atomic E-state index is 0.925. The molecular weight excluding hydrogens is 170 g/mol. The van der Waals surface area contributed by atoms with Gasteiger partial charge in [0.2, 0.25) is 0 Å². The van der Waals surface area contributed by atoms with Crippen molar-refractivity contribution in [3.05, 3.63) is 16.6 Å². The summed E-state index contributed by atoms with van der Waals surface area (Å²) in [5.74, 6) is 0. The van der Waals surface area contributed by atoms with Crippen LogP contribution in [0.1, 0.15) is 17.5 Å². The molecule has 0 fully saturated rings. The van der Waals surface area contributed by atoms with E-state index in [0.29, 0.717) is 0 Å². The van der Waals surface area contributed by atoms with E-state index in [-0.39, 0.29) is 0 Å². The average Bonchev–Trinajstić information content (AvgIpc) is 2.47. The highest BCUT2D eigenvalue weighted by Gasteiger charge is 1.93. The van der Waals surface area contributed by atoms with E-state index < -0.39 is 0 Å². The molecule has 0 saturated heterocycles. The molecule has 66 valence electrons. The molecule has 3 nitrogen and oxygen atoms in total. The molecule has 12 heavy (non-hydrogen) atoms. The van der Waals surface area contributed by atoms with Crippen LogP contribution in [0.25, 0.3) is 0 Å². The third kappa shape index (κ3) is 2.62. The summed E-state index contributed by atoms with van der Waals surface area (Å²) in [7, 11) is 1.95. The molecule has 0 radical (unpaired) electrons. The summed E-state index contributed by atoms with van der Waals surface area (Å²) in [6.07, 6.45) is 1.84. The normalized spacial score (nSPS) is 10.9. The second-order valence-corrected chi connectivity index (χ2v) is 3.43. The largest absolute Gasteiger partial charge is 0.300 e. The molecular formula is C8H13N3S. The van der Waals surface area contributed by atoms with Gasteiger partial charge < -0.3 is 5.01 Å². The first-order valence-corrected chi connectivity index (χ1v) is 4.68. The molecule has 0 atom stereocenters. The van der Waals surface area contributed by atoms with Crippen molar-refractivity contribution in [2.45, 2.75) is 13.8 Å². The molecule has 1 aromatic heterocycles. The van der Waals surface area contributed by atoms with E-state index in [1.54, 1.807) is 0 Å². The fourth-order valence-electron chi connectivity index (χ4n) is 0.681. The predicted octanol–water partition coefficient (Wildman–Crippen LogP) is 1.74. The molecule has 0 N–H and O–H groups in total. The van der Waals surface area contributed by atoms with Gasteiger partial charge in [-0.1, -0.05) is 0 Å². The molecule has 1 aromatic rings. The van der Waals surface area contributed by atoms with Gasteiger partial charge >= 0.3 is 0 Å². The van der Waals surface area contributed by atoms with Crippen molar-refractivity contribution in [1.82, 2.24) is 9.38 Å². The molecule has 0 bridgehead atoms. The average molecular weight is 183 g/mol. The number of rotatable bonds is 3. The van der Waals surface area contributed by atoms with E-state index in [1.807, 2.05) is 31.3 Å². The molecule has 0 aliphatic rings. The van der Waals surface area contributed by atoms with Gasteiger partial charge in [0.05, 0.1) is 16.8 Å². The number of hydrogen-bond acceptors (Lipinski definition) is 4. The Morgan fingerprint density at radius 2 is 2.50 bits per heavy atom. The SMILES string of the molecule is CCN(C)/N=C/c1cc(C)ns1. The zero-order valence-electron chi connectivity index (χ0n) is 7.61. The van der Waals surface area contributed by atoms with Crippen LogP contribution in [0.15, 0.2) is 11.2 Å². The van der Waals surface area contributed by atoms with Gasteiger partial charge in [-0.2, -0.15) is 9.47 Å². The van der Waals surface area contributed by atoms with E-state index in [0.717, 1.165) is 17.1 Å². The molecule has 0 unspecified atom stereocenters. The second-order valence-electron chi connectivity index (χ2n) is 2.59. The van der Waals surface area contributed by atoms with Crippen LogP contribution in [0.4, 0.5) is 0 Å². The van der Waals surface area contributed by atoms with Crippen LogP contribution in [-0.2, 0) is 0 Å².